The summed E-state index contributed by atoms with van der Waals surface area (Å²) in [6.45, 7) is 2.73. The number of halogens is 1. The van der Waals surface area contributed by atoms with Crippen LogP contribution in [-0.4, -0.2) is 32.9 Å². The minimum absolute atomic E-state index is 0.0573. The number of amides is 2. The summed E-state index contributed by atoms with van der Waals surface area (Å²) in [6, 6.07) is 11.7. The van der Waals surface area contributed by atoms with Crippen LogP contribution in [0.25, 0.3) is 10.2 Å². The van der Waals surface area contributed by atoms with E-state index < -0.39 is 5.54 Å². The van der Waals surface area contributed by atoms with Crippen molar-refractivity contribution in [3.63, 3.8) is 0 Å². The predicted octanol–water partition coefficient (Wildman–Crippen LogP) is 6.00. The Labute approximate surface area is 203 Å². The van der Waals surface area contributed by atoms with Crippen LogP contribution in [-0.2, 0) is 17.9 Å². The summed E-state index contributed by atoms with van der Waals surface area (Å²) < 4.78 is 3.11. The third kappa shape index (κ3) is 4.31. The maximum Gasteiger partial charge on any atom is 0.271 e. The van der Waals surface area contributed by atoms with Crippen LogP contribution in [0, 0.1) is 0 Å². The van der Waals surface area contributed by atoms with Crippen molar-refractivity contribution in [2.75, 3.05) is 0 Å². The standard InChI is InChI=1S/C26H30ClN3O2S/c1-26(25(32)28-20-7-5-3-2-4-6-8-20)17-29-21-13-14-33-23(21)15-22(29)24(31)30(26)16-18-9-11-19(27)12-10-18/h9-15,20H,2-8,16-17H2,1H3,(H,28,32)/t26-/m0/s1. The minimum atomic E-state index is -0.986. The smallest absolute Gasteiger partial charge is 0.271 e. The summed E-state index contributed by atoms with van der Waals surface area (Å²) >= 11 is 7.70. The molecule has 33 heavy (non-hydrogen) atoms. The van der Waals surface area contributed by atoms with Gasteiger partial charge in [0.15, 0.2) is 0 Å². The molecule has 3 aromatic rings. The zero-order chi connectivity index (χ0) is 23.0. The number of hydrogen-bond donors (Lipinski definition) is 1. The van der Waals surface area contributed by atoms with Gasteiger partial charge in [0.1, 0.15) is 11.2 Å². The van der Waals surface area contributed by atoms with E-state index in [0.717, 1.165) is 41.5 Å². The summed E-state index contributed by atoms with van der Waals surface area (Å²) in [5.74, 6) is -0.159. The highest BCUT2D eigenvalue weighted by molar-refractivity contribution is 7.17. The van der Waals surface area contributed by atoms with Crippen LogP contribution in [0.5, 0.6) is 0 Å². The zero-order valence-corrected chi connectivity index (χ0v) is 20.6. The van der Waals surface area contributed by atoms with E-state index in [-0.39, 0.29) is 17.9 Å². The number of nitrogens with zero attached hydrogens (tertiary/aromatic N) is 2. The lowest BCUT2D eigenvalue weighted by atomic mass is 9.91. The van der Waals surface area contributed by atoms with Crippen molar-refractivity contribution in [2.45, 2.75) is 76.5 Å². The van der Waals surface area contributed by atoms with E-state index in [4.69, 9.17) is 11.6 Å². The molecule has 1 saturated carbocycles. The van der Waals surface area contributed by atoms with E-state index in [1.807, 2.05) is 53.3 Å². The fourth-order valence-corrected chi connectivity index (χ4v) is 6.18. The molecule has 5 rings (SSSR count). The van der Waals surface area contributed by atoms with E-state index in [0.29, 0.717) is 23.8 Å². The van der Waals surface area contributed by atoms with Crippen LogP contribution in [0.3, 0.4) is 0 Å². The molecule has 3 heterocycles. The van der Waals surface area contributed by atoms with Gasteiger partial charge in [-0.1, -0.05) is 55.8 Å². The average Bonchev–Trinajstić information content (AvgIpc) is 3.36. The Hall–Kier alpha value is -2.31. The number of aromatic nitrogens is 1. The number of hydrogen-bond acceptors (Lipinski definition) is 3. The van der Waals surface area contributed by atoms with Gasteiger partial charge < -0.3 is 14.8 Å². The van der Waals surface area contributed by atoms with Gasteiger partial charge in [0.05, 0.1) is 16.8 Å². The molecule has 2 aromatic heterocycles. The molecular formula is C26H30ClN3O2S. The van der Waals surface area contributed by atoms with Gasteiger partial charge in [-0.25, -0.2) is 0 Å². The Morgan fingerprint density at radius 1 is 1.12 bits per heavy atom. The van der Waals surface area contributed by atoms with Gasteiger partial charge in [-0.15, -0.1) is 11.3 Å². The molecule has 0 spiro atoms. The predicted molar refractivity (Wildman–Crippen MR) is 134 cm³/mol. The second-order valence-corrected chi connectivity index (χ2v) is 11.0. The topological polar surface area (TPSA) is 54.3 Å². The summed E-state index contributed by atoms with van der Waals surface area (Å²) in [5, 5.41) is 6.03. The second kappa shape index (κ2) is 9.15. The normalized spacial score (nSPS) is 22.1. The van der Waals surface area contributed by atoms with Crippen LogP contribution < -0.4 is 5.32 Å². The first kappa shape index (κ1) is 22.5. The zero-order valence-electron chi connectivity index (χ0n) is 19.0. The highest BCUT2D eigenvalue weighted by atomic mass is 35.5. The first-order chi connectivity index (χ1) is 16.0. The van der Waals surface area contributed by atoms with Crippen molar-refractivity contribution in [2.24, 2.45) is 0 Å². The Balaban J connectivity index is 1.49. The van der Waals surface area contributed by atoms with Gasteiger partial charge in [0.25, 0.3) is 5.91 Å². The lowest BCUT2D eigenvalue weighted by molar-refractivity contribution is -0.134. The fraction of sp³-hybridized carbons (Fsp3) is 0.462. The van der Waals surface area contributed by atoms with Gasteiger partial charge in [-0.3, -0.25) is 9.59 Å². The number of thiophene rings is 1. The number of nitrogens with one attached hydrogen (secondary N) is 1. The highest BCUT2D eigenvalue weighted by Crippen LogP contribution is 2.35. The number of fused-ring (bicyclic) bond motifs is 3. The number of carbonyl (C=O) groups is 2. The third-order valence-corrected chi connectivity index (χ3v) is 8.34. The average molecular weight is 484 g/mol. The molecule has 174 valence electrons. The SMILES string of the molecule is C[C@@]1(C(=O)NC2CCCCCCC2)Cn2c(cc3sccc32)C(=O)N1Cc1ccc(Cl)cc1. The minimum Gasteiger partial charge on any atom is -0.351 e. The first-order valence-corrected chi connectivity index (χ1v) is 13.2. The lowest BCUT2D eigenvalue weighted by Gasteiger charge is -2.44. The van der Waals surface area contributed by atoms with E-state index in [1.54, 1.807) is 16.2 Å². The van der Waals surface area contributed by atoms with Crippen molar-refractivity contribution in [3.8, 4) is 0 Å². The molecule has 1 fully saturated rings. The van der Waals surface area contributed by atoms with Gasteiger partial charge in [-0.2, -0.15) is 0 Å². The molecule has 1 aromatic carbocycles. The largest absolute Gasteiger partial charge is 0.351 e. The fourth-order valence-electron chi connectivity index (χ4n) is 5.23. The Bertz CT molecular complexity index is 1160. The van der Waals surface area contributed by atoms with E-state index in [1.165, 1.54) is 19.3 Å². The maximum atomic E-state index is 13.9. The van der Waals surface area contributed by atoms with E-state index in [9.17, 15) is 9.59 Å². The molecule has 1 aliphatic carbocycles. The van der Waals surface area contributed by atoms with Crippen LogP contribution in [0.1, 0.15) is 67.9 Å². The van der Waals surface area contributed by atoms with Gasteiger partial charge in [-0.05, 0) is 55.0 Å². The van der Waals surface area contributed by atoms with E-state index >= 15 is 0 Å². The maximum absolute atomic E-state index is 13.9. The molecule has 2 aliphatic rings. The van der Waals surface area contributed by atoms with Crippen molar-refractivity contribution < 1.29 is 9.59 Å². The van der Waals surface area contributed by atoms with Crippen LogP contribution in [0.2, 0.25) is 5.02 Å². The third-order valence-electron chi connectivity index (χ3n) is 7.23. The van der Waals surface area contributed by atoms with Gasteiger partial charge >= 0.3 is 0 Å². The van der Waals surface area contributed by atoms with E-state index in [2.05, 4.69) is 5.32 Å². The second-order valence-electron chi connectivity index (χ2n) is 9.59. The van der Waals surface area contributed by atoms with Crippen molar-refractivity contribution in [1.29, 1.82) is 0 Å². The molecular weight excluding hydrogens is 454 g/mol. The van der Waals surface area contributed by atoms with Crippen molar-refractivity contribution in [3.05, 3.63) is 58.1 Å². The summed E-state index contributed by atoms with van der Waals surface area (Å²) in [5.41, 5.74) is 1.65. The Morgan fingerprint density at radius 3 is 2.55 bits per heavy atom. The van der Waals surface area contributed by atoms with Gasteiger partial charge in [0, 0.05) is 17.6 Å². The van der Waals surface area contributed by atoms with Crippen molar-refractivity contribution >= 4 is 45.0 Å². The molecule has 1 N–H and O–H groups in total. The van der Waals surface area contributed by atoms with Crippen LogP contribution in [0.15, 0.2) is 41.8 Å². The molecule has 0 saturated heterocycles. The molecule has 7 heteroatoms. The first-order valence-electron chi connectivity index (χ1n) is 11.9. The number of benzene rings is 1. The van der Waals surface area contributed by atoms with Crippen LogP contribution in [0.4, 0.5) is 0 Å². The molecule has 1 aliphatic heterocycles. The molecule has 5 nitrogen and oxygen atoms in total. The molecule has 2 amide bonds. The molecule has 0 unspecified atom stereocenters. The monoisotopic (exact) mass is 483 g/mol. The number of carbonyl (C=O) groups excluding carboxylic acids is 2. The highest BCUT2D eigenvalue weighted by Gasteiger charge is 2.48. The van der Waals surface area contributed by atoms with Crippen LogP contribution >= 0.6 is 22.9 Å². The summed E-state index contributed by atoms with van der Waals surface area (Å²) in [4.78, 5) is 29.4. The summed E-state index contributed by atoms with van der Waals surface area (Å²) in [6.07, 6.45) is 8.06. The van der Waals surface area contributed by atoms with Gasteiger partial charge in [0.2, 0.25) is 5.91 Å². The Kier molecular flexibility index (Phi) is 6.23. The number of rotatable bonds is 4. The Morgan fingerprint density at radius 2 is 1.82 bits per heavy atom. The summed E-state index contributed by atoms with van der Waals surface area (Å²) in [7, 11) is 0. The quantitative estimate of drug-likeness (QED) is 0.494. The molecule has 1 atom stereocenters. The van der Waals surface area contributed by atoms with Crippen molar-refractivity contribution in [1.82, 2.24) is 14.8 Å². The molecule has 0 radical (unpaired) electrons. The lowest BCUT2D eigenvalue weighted by Crippen LogP contribution is -2.64. The molecule has 0 bridgehead atoms.